The van der Waals surface area contributed by atoms with Gasteiger partial charge in [0.1, 0.15) is 6.29 Å². The molecule has 4 nitrogen and oxygen atoms in total. The topological polar surface area (TPSA) is 66.4 Å². The van der Waals surface area contributed by atoms with Crippen molar-refractivity contribution < 1.29 is 14.3 Å². The average molecular weight is 123 g/mol. The Bertz CT molecular complexity index is 83.0. The van der Waals surface area contributed by atoms with E-state index in [1.54, 1.807) is 0 Å². The SMILES string of the molecule is O=CCN[PH](=O)O. The first-order valence-corrected chi connectivity index (χ1v) is 3.03. The third kappa shape index (κ3) is 5.82. The molecular weight excluding hydrogens is 117 g/mol. The van der Waals surface area contributed by atoms with Crippen LogP contribution in [0, 0.1) is 0 Å². The van der Waals surface area contributed by atoms with Crippen LogP contribution in [0.25, 0.3) is 0 Å². The number of nitrogens with one attached hydrogen (secondary N) is 1. The van der Waals surface area contributed by atoms with Gasteiger partial charge in [-0.05, 0) is 0 Å². The van der Waals surface area contributed by atoms with E-state index in [4.69, 9.17) is 4.89 Å². The largest absolute Gasteiger partial charge is 0.335 e. The molecule has 0 rings (SSSR count). The Labute approximate surface area is 41.5 Å². The number of carbonyl (C=O) groups excluding carboxylic acids is 1. The van der Waals surface area contributed by atoms with E-state index < -0.39 is 8.18 Å². The van der Waals surface area contributed by atoms with Gasteiger partial charge >= 0.3 is 0 Å². The third-order valence-electron chi connectivity index (χ3n) is 0.337. The van der Waals surface area contributed by atoms with Crippen molar-refractivity contribution in [3.63, 3.8) is 0 Å². The number of carbonyl (C=O) groups is 1. The van der Waals surface area contributed by atoms with Crippen LogP contribution in [-0.4, -0.2) is 17.7 Å². The Balaban J connectivity index is 2.97. The lowest BCUT2D eigenvalue weighted by Crippen LogP contribution is -2.04. The van der Waals surface area contributed by atoms with Gasteiger partial charge in [-0.15, -0.1) is 0 Å². The van der Waals surface area contributed by atoms with E-state index in [1.807, 2.05) is 5.09 Å². The van der Waals surface area contributed by atoms with Crippen molar-refractivity contribution in [1.29, 1.82) is 0 Å². The van der Waals surface area contributed by atoms with Crippen LogP contribution in [0.15, 0.2) is 0 Å². The first-order valence-electron chi connectivity index (χ1n) is 1.68. The highest BCUT2D eigenvalue weighted by atomic mass is 31.1. The standard InChI is InChI=1S/C2H6NO3P/c4-2-1-3-7(5)6/h2,7H,1H2,(H2,3,5,6). The Kier molecular flexibility index (Phi) is 3.89. The molecule has 5 heteroatoms. The summed E-state index contributed by atoms with van der Waals surface area (Å²) in [5.74, 6) is 0. The molecule has 1 unspecified atom stereocenters. The van der Waals surface area contributed by atoms with Crippen LogP contribution in [0.5, 0.6) is 0 Å². The molecule has 0 bridgehead atoms. The second-order valence-corrected chi connectivity index (χ2v) is 1.82. The summed E-state index contributed by atoms with van der Waals surface area (Å²) in [6, 6.07) is 0. The molecule has 0 aromatic heterocycles. The van der Waals surface area contributed by atoms with Gasteiger partial charge in [0.05, 0.1) is 6.54 Å². The molecular formula is C2H6NO3P. The predicted octanol–water partition coefficient (Wildman–Crippen LogP) is -0.843. The van der Waals surface area contributed by atoms with Crippen molar-refractivity contribution in [3.8, 4) is 0 Å². The fourth-order valence-electron chi connectivity index (χ4n) is 0.129. The molecule has 0 heterocycles. The molecule has 0 spiro atoms. The molecule has 1 atom stereocenters. The molecule has 0 saturated heterocycles. The van der Waals surface area contributed by atoms with Crippen LogP contribution in [-0.2, 0) is 9.36 Å². The molecule has 42 valence electrons. The number of rotatable bonds is 3. The van der Waals surface area contributed by atoms with Gasteiger partial charge in [-0.2, -0.15) is 0 Å². The van der Waals surface area contributed by atoms with E-state index in [9.17, 15) is 9.36 Å². The molecule has 0 fully saturated rings. The molecule has 0 amide bonds. The summed E-state index contributed by atoms with van der Waals surface area (Å²) in [5.41, 5.74) is 0. The van der Waals surface area contributed by atoms with Crippen molar-refractivity contribution in [1.82, 2.24) is 5.09 Å². The Morgan fingerprint density at radius 3 is 2.57 bits per heavy atom. The minimum Gasteiger partial charge on any atom is -0.335 e. The highest BCUT2D eigenvalue weighted by Gasteiger charge is 1.83. The van der Waals surface area contributed by atoms with Crippen molar-refractivity contribution in [3.05, 3.63) is 0 Å². The quantitative estimate of drug-likeness (QED) is 0.379. The second-order valence-electron chi connectivity index (χ2n) is 0.853. The molecule has 0 aliphatic rings. The maximum atomic E-state index is 9.67. The number of hydrogen-bond donors (Lipinski definition) is 2. The fraction of sp³-hybridized carbons (Fsp3) is 0.500. The van der Waals surface area contributed by atoms with Crippen LogP contribution in [0.4, 0.5) is 0 Å². The number of aldehydes is 1. The fourth-order valence-corrected chi connectivity index (χ4v) is 0.387. The third-order valence-corrected chi connectivity index (χ3v) is 0.843. The summed E-state index contributed by atoms with van der Waals surface area (Å²) in [5, 5.41) is 2.03. The normalized spacial score (nSPS) is 13.3. The molecule has 2 N–H and O–H groups in total. The summed E-state index contributed by atoms with van der Waals surface area (Å²) in [7, 11) is -2.63. The highest BCUT2D eigenvalue weighted by Crippen LogP contribution is 2.00. The maximum absolute atomic E-state index is 9.67. The summed E-state index contributed by atoms with van der Waals surface area (Å²) < 4.78 is 9.67. The van der Waals surface area contributed by atoms with E-state index in [1.165, 1.54) is 0 Å². The Hall–Kier alpha value is -0.180. The zero-order chi connectivity index (χ0) is 5.70. The molecule has 0 aliphatic carbocycles. The van der Waals surface area contributed by atoms with Crippen molar-refractivity contribution >= 4 is 14.5 Å². The van der Waals surface area contributed by atoms with Gasteiger partial charge in [0.25, 0.3) is 8.18 Å². The van der Waals surface area contributed by atoms with Crippen molar-refractivity contribution in [2.75, 3.05) is 6.54 Å². The van der Waals surface area contributed by atoms with Gasteiger partial charge in [0.15, 0.2) is 0 Å². The summed E-state index contributed by atoms with van der Waals surface area (Å²) in [6.45, 7) is -0.0473. The maximum Gasteiger partial charge on any atom is 0.256 e. The van der Waals surface area contributed by atoms with E-state index in [0.29, 0.717) is 6.29 Å². The minimum absolute atomic E-state index is 0.0473. The average Bonchev–Trinajstić information content (AvgIpc) is 1.61. The van der Waals surface area contributed by atoms with E-state index in [2.05, 4.69) is 0 Å². The van der Waals surface area contributed by atoms with E-state index in [0.717, 1.165) is 0 Å². The minimum atomic E-state index is -2.63. The van der Waals surface area contributed by atoms with Gasteiger partial charge < -0.3 is 9.69 Å². The molecule has 0 aromatic carbocycles. The van der Waals surface area contributed by atoms with Crippen LogP contribution < -0.4 is 5.09 Å². The highest BCUT2D eigenvalue weighted by molar-refractivity contribution is 7.35. The number of hydrogen-bond acceptors (Lipinski definition) is 2. The smallest absolute Gasteiger partial charge is 0.256 e. The molecule has 0 saturated carbocycles. The van der Waals surface area contributed by atoms with Crippen LogP contribution >= 0.6 is 8.18 Å². The zero-order valence-electron chi connectivity index (χ0n) is 3.55. The molecule has 7 heavy (non-hydrogen) atoms. The lowest BCUT2D eigenvalue weighted by molar-refractivity contribution is -0.106. The van der Waals surface area contributed by atoms with E-state index >= 15 is 0 Å². The predicted molar refractivity (Wildman–Crippen MR) is 25.3 cm³/mol. The summed E-state index contributed by atoms with van der Waals surface area (Å²) in [4.78, 5) is 17.4. The van der Waals surface area contributed by atoms with Gasteiger partial charge in [0.2, 0.25) is 0 Å². The van der Waals surface area contributed by atoms with Crippen LogP contribution in [0.1, 0.15) is 0 Å². The lowest BCUT2D eigenvalue weighted by atomic mass is 10.8. The lowest BCUT2D eigenvalue weighted by Gasteiger charge is -1.86. The second kappa shape index (κ2) is 3.99. The first-order chi connectivity index (χ1) is 3.27. The summed E-state index contributed by atoms with van der Waals surface area (Å²) >= 11 is 0. The van der Waals surface area contributed by atoms with Crippen LogP contribution in [0.3, 0.4) is 0 Å². The van der Waals surface area contributed by atoms with Gasteiger partial charge in [0, 0.05) is 0 Å². The van der Waals surface area contributed by atoms with Gasteiger partial charge in [-0.25, -0.2) is 5.09 Å². The Morgan fingerprint density at radius 1 is 1.86 bits per heavy atom. The zero-order valence-corrected chi connectivity index (χ0v) is 4.55. The first kappa shape index (κ1) is 6.82. The monoisotopic (exact) mass is 123 g/mol. The van der Waals surface area contributed by atoms with Gasteiger partial charge in [-0.1, -0.05) is 0 Å². The molecule has 0 aromatic rings. The van der Waals surface area contributed by atoms with E-state index in [-0.39, 0.29) is 6.54 Å². The van der Waals surface area contributed by atoms with Gasteiger partial charge in [-0.3, -0.25) is 4.57 Å². The Morgan fingerprint density at radius 2 is 2.43 bits per heavy atom. The summed E-state index contributed by atoms with van der Waals surface area (Å²) in [6.07, 6.45) is 0.527. The van der Waals surface area contributed by atoms with Crippen LogP contribution in [0.2, 0.25) is 0 Å². The van der Waals surface area contributed by atoms with Crippen molar-refractivity contribution in [2.24, 2.45) is 0 Å². The molecule has 0 radical (unpaired) electrons. The molecule has 0 aliphatic heterocycles. The van der Waals surface area contributed by atoms with Crippen molar-refractivity contribution in [2.45, 2.75) is 0 Å².